The molecule has 0 radical (unpaired) electrons. The van der Waals surface area contributed by atoms with Crippen molar-refractivity contribution >= 4 is 11.7 Å². The van der Waals surface area contributed by atoms with E-state index in [4.69, 9.17) is 5.73 Å². The van der Waals surface area contributed by atoms with Crippen LogP contribution in [0.25, 0.3) is 0 Å². The number of likely N-dealkylation sites (N-methyl/N-ethyl adjacent to an activating group) is 1. The summed E-state index contributed by atoms with van der Waals surface area (Å²) in [6.45, 7) is 4.77. The number of nitrogens with two attached hydrogens (primary N) is 1. The van der Waals surface area contributed by atoms with E-state index >= 15 is 0 Å². The van der Waals surface area contributed by atoms with Gasteiger partial charge in [-0.15, -0.1) is 0 Å². The maximum Gasteiger partial charge on any atom is 0.259 e. The van der Waals surface area contributed by atoms with Crippen molar-refractivity contribution in [1.82, 2.24) is 19.6 Å². The number of rotatable bonds is 1. The lowest BCUT2D eigenvalue weighted by molar-refractivity contribution is 0.0697. The van der Waals surface area contributed by atoms with E-state index in [1.807, 2.05) is 4.90 Å². The molecule has 1 fully saturated rings. The molecule has 0 aliphatic carbocycles. The van der Waals surface area contributed by atoms with Gasteiger partial charge in [0.15, 0.2) is 0 Å². The monoisotopic (exact) mass is 251 g/mol. The van der Waals surface area contributed by atoms with Gasteiger partial charge in [-0.1, -0.05) is 0 Å². The minimum absolute atomic E-state index is 0.0107. The number of aryl methyl sites for hydroxylation is 1. The molecule has 1 amide bonds. The molecular formula is C12H21N5O. The molecule has 1 aromatic rings. The van der Waals surface area contributed by atoms with Gasteiger partial charge in [0.05, 0.1) is 6.20 Å². The van der Waals surface area contributed by atoms with Crippen LogP contribution >= 0.6 is 0 Å². The summed E-state index contributed by atoms with van der Waals surface area (Å²) in [6, 6.07) is 0.199. The molecule has 2 heterocycles. The summed E-state index contributed by atoms with van der Waals surface area (Å²) in [6.07, 6.45) is 2.55. The molecule has 2 N–H and O–H groups in total. The lowest BCUT2D eigenvalue weighted by Gasteiger charge is -2.27. The van der Waals surface area contributed by atoms with Crippen LogP contribution < -0.4 is 5.73 Å². The van der Waals surface area contributed by atoms with Crippen LogP contribution in [0.2, 0.25) is 0 Å². The number of amides is 1. The SMILES string of the molecule is CC1CN(C)CCCN1C(=O)c1cnn(C)c1N. The minimum atomic E-state index is -0.0107. The van der Waals surface area contributed by atoms with Crippen LogP contribution in [-0.4, -0.2) is 58.2 Å². The molecule has 18 heavy (non-hydrogen) atoms. The molecule has 6 nitrogen and oxygen atoms in total. The lowest BCUT2D eigenvalue weighted by Crippen LogP contribution is -2.42. The zero-order chi connectivity index (χ0) is 13.3. The smallest absolute Gasteiger partial charge is 0.259 e. The van der Waals surface area contributed by atoms with Crippen molar-refractivity contribution in [2.75, 3.05) is 32.4 Å². The number of anilines is 1. The molecule has 0 bridgehead atoms. The third-order valence-corrected chi connectivity index (χ3v) is 3.52. The van der Waals surface area contributed by atoms with Crippen molar-refractivity contribution in [3.05, 3.63) is 11.8 Å². The van der Waals surface area contributed by atoms with Gasteiger partial charge in [-0.05, 0) is 26.9 Å². The van der Waals surface area contributed by atoms with Crippen LogP contribution in [0.3, 0.4) is 0 Å². The van der Waals surface area contributed by atoms with E-state index < -0.39 is 0 Å². The number of nitrogen functional groups attached to an aromatic ring is 1. The van der Waals surface area contributed by atoms with Crippen LogP contribution in [0.15, 0.2) is 6.20 Å². The molecule has 2 rings (SSSR count). The second kappa shape index (κ2) is 4.97. The molecule has 0 spiro atoms. The van der Waals surface area contributed by atoms with Crippen molar-refractivity contribution in [1.29, 1.82) is 0 Å². The molecule has 1 unspecified atom stereocenters. The third-order valence-electron chi connectivity index (χ3n) is 3.52. The number of hydrogen-bond donors (Lipinski definition) is 1. The zero-order valence-corrected chi connectivity index (χ0v) is 11.3. The average molecular weight is 251 g/mol. The van der Waals surface area contributed by atoms with Crippen molar-refractivity contribution in [2.45, 2.75) is 19.4 Å². The number of hydrogen-bond acceptors (Lipinski definition) is 4. The third kappa shape index (κ3) is 2.33. The second-order valence-electron chi connectivity index (χ2n) is 5.03. The fraction of sp³-hybridized carbons (Fsp3) is 0.667. The first kappa shape index (κ1) is 12.9. The molecule has 1 aliphatic rings. The summed E-state index contributed by atoms with van der Waals surface area (Å²) >= 11 is 0. The van der Waals surface area contributed by atoms with Gasteiger partial charge in [-0.25, -0.2) is 0 Å². The van der Waals surface area contributed by atoms with E-state index in [1.165, 1.54) is 4.68 Å². The van der Waals surface area contributed by atoms with Crippen LogP contribution in [0.4, 0.5) is 5.82 Å². The van der Waals surface area contributed by atoms with E-state index in [2.05, 4.69) is 24.0 Å². The van der Waals surface area contributed by atoms with Gasteiger partial charge in [-0.2, -0.15) is 5.10 Å². The minimum Gasteiger partial charge on any atom is -0.383 e. The van der Waals surface area contributed by atoms with Crippen molar-refractivity contribution < 1.29 is 4.79 Å². The first-order valence-corrected chi connectivity index (χ1v) is 6.27. The Bertz CT molecular complexity index is 442. The van der Waals surface area contributed by atoms with Crippen LogP contribution in [0.5, 0.6) is 0 Å². The number of aromatic nitrogens is 2. The largest absolute Gasteiger partial charge is 0.383 e. The Hall–Kier alpha value is -1.56. The Morgan fingerprint density at radius 1 is 1.44 bits per heavy atom. The average Bonchev–Trinajstić information content (AvgIpc) is 2.55. The summed E-state index contributed by atoms with van der Waals surface area (Å²) in [4.78, 5) is 16.6. The molecule has 6 heteroatoms. The molecule has 1 atom stereocenters. The Labute approximate surface area is 107 Å². The van der Waals surface area contributed by atoms with Gasteiger partial charge in [0, 0.05) is 26.2 Å². The standard InChI is InChI=1S/C12H21N5O/c1-9-8-15(2)5-4-6-17(9)12(18)10-7-14-16(3)11(10)13/h7,9H,4-6,8,13H2,1-3H3. The summed E-state index contributed by atoms with van der Waals surface area (Å²) in [5, 5.41) is 4.03. The highest BCUT2D eigenvalue weighted by Crippen LogP contribution is 2.17. The van der Waals surface area contributed by atoms with Crippen LogP contribution in [0, 0.1) is 0 Å². The highest BCUT2D eigenvalue weighted by atomic mass is 16.2. The van der Waals surface area contributed by atoms with Gasteiger partial charge in [0.25, 0.3) is 5.91 Å². The van der Waals surface area contributed by atoms with Gasteiger partial charge < -0.3 is 15.5 Å². The van der Waals surface area contributed by atoms with E-state index in [1.54, 1.807) is 13.2 Å². The van der Waals surface area contributed by atoms with E-state index in [0.29, 0.717) is 11.4 Å². The van der Waals surface area contributed by atoms with Gasteiger partial charge >= 0.3 is 0 Å². The number of carbonyl (C=O) groups is 1. The van der Waals surface area contributed by atoms with Gasteiger partial charge in [0.1, 0.15) is 11.4 Å². The predicted molar refractivity (Wildman–Crippen MR) is 70.2 cm³/mol. The highest BCUT2D eigenvalue weighted by Gasteiger charge is 2.27. The molecule has 0 saturated carbocycles. The molecule has 0 aromatic carbocycles. The van der Waals surface area contributed by atoms with Crippen LogP contribution in [-0.2, 0) is 7.05 Å². The lowest BCUT2D eigenvalue weighted by atomic mass is 10.2. The molecule has 1 saturated heterocycles. The molecule has 1 aromatic heterocycles. The van der Waals surface area contributed by atoms with Gasteiger partial charge in [0.2, 0.25) is 0 Å². The Kier molecular flexibility index (Phi) is 3.56. The summed E-state index contributed by atoms with van der Waals surface area (Å²) in [5.41, 5.74) is 6.37. The first-order chi connectivity index (χ1) is 8.50. The maximum atomic E-state index is 12.5. The van der Waals surface area contributed by atoms with E-state index in [0.717, 1.165) is 26.1 Å². The Balaban J connectivity index is 2.20. The van der Waals surface area contributed by atoms with Crippen molar-refractivity contribution in [3.63, 3.8) is 0 Å². The van der Waals surface area contributed by atoms with Crippen LogP contribution in [0.1, 0.15) is 23.7 Å². The molecular weight excluding hydrogens is 230 g/mol. The maximum absolute atomic E-state index is 12.5. The summed E-state index contributed by atoms with van der Waals surface area (Å²) in [7, 11) is 3.83. The fourth-order valence-electron chi connectivity index (χ4n) is 2.44. The van der Waals surface area contributed by atoms with Crippen molar-refractivity contribution in [3.8, 4) is 0 Å². The second-order valence-corrected chi connectivity index (χ2v) is 5.03. The highest BCUT2D eigenvalue weighted by molar-refractivity contribution is 5.98. The quantitative estimate of drug-likeness (QED) is 0.772. The van der Waals surface area contributed by atoms with E-state index in [9.17, 15) is 4.79 Å². The topological polar surface area (TPSA) is 67.4 Å². The predicted octanol–water partition coefficient (Wildman–Crippen LogP) is 0.169. The number of nitrogens with zero attached hydrogens (tertiary/aromatic N) is 4. The molecule has 1 aliphatic heterocycles. The van der Waals surface area contributed by atoms with E-state index in [-0.39, 0.29) is 11.9 Å². The number of carbonyl (C=O) groups excluding carboxylic acids is 1. The summed E-state index contributed by atoms with van der Waals surface area (Å²) < 4.78 is 1.53. The first-order valence-electron chi connectivity index (χ1n) is 6.27. The Morgan fingerprint density at radius 3 is 2.78 bits per heavy atom. The normalized spacial score (nSPS) is 21.9. The Morgan fingerprint density at radius 2 is 2.17 bits per heavy atom. The fourth-order valence-corrected chi connectivity index (χ4v) is 2.44. The molecule has 100 valence electrons. The summed E-state index contributed by atoms with van der Waals surface area (Å²) in [5.74, 6) is 0.424. The zero-order valence-electron chi connectivity index (χ0n) is 11.3. The van der Waals surface area contributed by atoms with Crippen molar-refractivity contribution in [2.24, 2.45) is 7.05 Å². The van der Waals surface area contributed by atoms with Gasteiger partial charge in [-0.3, -0.25) is 9.48 Å².